The van der Waals surface area contributed by atoms with E-state index in [1.165, 1.54) is 186 Å². The number of hydrogen-bond acceptors (Lipinski definition) is 15. The molecule has 0 spiro atoms. The van der Waals surface area contributed by atoms with Crippen molar-refractivity contribution in [1.29, 1.82) is 0 Å². The van der Waals surface area contributed by atoms with Gasteiger partial charge in [-0.25, -0.2) is 9.13 Å². The lowest BCUT2D eigenvalue weighted by molar-refractivity contribution is -0.161. The number of carbonyl (C=O) groups is 4. The Labute approximate surface area is 580 Å². The molecule has 2 unspecified atom stereocenters. The van der Waals surface area contributed by atoms with Crippen LogP contribution in [0.2, 0.25) is 0 Å². The molecule has 0 aliphatic rings. The molecule has 19 heteroatoms. The van der Waals surface area contributed by atoms with Crippen molar-refractivity contribution in [1.82, 2.24) is 0 Å². The van der Waals surface area contributed by atoms with Crippen LogP contribution < -0.4 is 0 Å². The lowest BCUT2D eigenvalue weighted by Gasteiger charge is -2.21. The van der Waals surface area contributed by atoms with Gasteiger partial charge < -0.3 is 33.8 Å². The first kappa shape index (κ1) is 92.5. The van der Waals surface area contributed by atoms with Gasteiger partial charge in [0.1, 0.15) is 19.3 Å². The monoisotopic (exact) mass is 1390 g/mol. The van der Waals surface area contributed by atoms with Crippen molar-refractivity contribution in [3.63, 3.8) is 0 Å². The molecule has 0 radical (unpaired) electrons. The van der Waals surface area contributed by atoms with E-state index in [0.29, 0.717) is 25.7 Å². The SMILES string of the molecule is CCCCCC/C=C\C=C/CCCCCCCC(=O)OC[C@H](COP(=O)(O)OC[C@@H](O)COP(=O)(O)OC[C@@H](COC(=O)CCCCCCCCCC)OC(=O)CCCCCCCCCCCCCCC)OC(=O)CCCCCCCCCCCCCCCCCCCCC. The molecular weight excluding hydrogens is 1250 g/mol. The zero-order valence-corrected chi connectivity index (χ0v) is 62.9. The summed E-state index contributed by atoms with van der Waals surface area (Å²) in [5.41, 5.74) is 0. The molecule has 0 aromatic rings. The Hall–Kier alpha value is -2.46. The van der Waals surface area contributed by atoms with Crippen LogP contribution in [0.1, 0.15) is 381 Å². The summed E-state index contributed by atoms with van der Waals surface area (Å²) in [5.74, 6) is -2.15. The highest BCUT2D eigenvalue weighted by Gasteiger charge is 2.30. The van der Waals surface area contributed by atoms with Gasteiger partial charge in [-0.05, 0) is 51.4 Å². The third kappa shape index (κ3) is 69.8. The van der Waals surface area contributed by atoms with E-state index < -0.39 is 97.5 Å². The van der Waals surface area contributed by atoms with Crippen LogP contribution >= 0.6 is 15.6 Å². The first-order valence-corrected chi connectivity index (χ1v) is 42.1. The van der Waals surface area contributed by atoms with Gasteiger partial charge in [-0.15, -0.1) is 0 Å². The summed E-state index contributed by atoms with van der Waals surface area (Å²) < 4.78 is 68.4. The molecule has 0 aromatic heterocycles. The molecule has 0 aliphatic carbocycles. The minimum absolute atomic E-state index is 0.102. The van der Waals surface area contributed by atoms with Gasteiger partial charge in [0.15, 0.2) is 12.2 Å². The van der Waals surface area contributed by atoms with Crippen molar-refractivity contribution in [3.8, 4) is 0 Å². The molecule has 0 aliphatic heterocycles. The number of phosphoric acid groups is 2. The third-order valence-corrected chi connectivity index (χ3v) is 19.1. The highest BCUT2D eigenvalue weighted by atomic mass is 31.2. The van der Waals surface area contributed by atoms with Gasteiger partial charge in [0.05, 0.1) is 26.4 Å². The van der Waals surface area contributed by atoms with E-state index >= 15 is 0 Å². The van der Waals surface area contributed by atoms with E-state index in [2.05, 4.69) is 52.0 Å². The van der Waals surface area contributed by atoms with Crippen LogP contribution in [0.3, 0.4) is 0 Å². The van der Waals surface area contributed by atoms with Crippen LogP contribution in [0, 0.1) is 0 Å². The van der Waals surface area contributed by atoms with Crippen molar-refractivity contribution in [3.05, 3.63) is 24.3 Å². The minimum atomic E-state index is -4.96. The highest BCUT2D eigenvalue weighted by molar-refractivity contribution is 7.47. The van der Waals surface area contributed by atoms with Crippen LogP contribution in [-0.2, 0) is 65.4 Å². The van der Waals surface area contributed by atoms with Crippen molar-refractivity contribution >= 4 is 39.5 Å². The molecule has 95 heavy (non-hydrogen) atoms. The molecule has 0 heterocycles. The summed E-state index contributed by atoms with van der Waals surface area (Å²) in [7, 11) is -9.92. The molecule has 560 valence electrons. The topological polar surface area (TPSA) is 237 Å². The van der Waals surface area contributed by atoms with Gasteiger partial charge in [-0.2, -0.15) is 0 Å². The number of rotatable bonds is 75. The van der Waals surface area contributed by atoms with Gasteiger partial charge in [-0.1, -0.05) is 328 Å². The molecule has 0 amide bonds. The molecule has 0 aromatic carbocycles. The maximum absolute atomic E-state index is 13.1. The molecule has 3 N–H and O–H groups in total. The van der Waals surface area contributed by atoms with E-state index in [4.69, 9.17) is 37.0 Å². The predicted octanol–water partition coefficient (Wildman–Crippen LogP) is 22.2. The summed E-state index contributed by atoms with van der Waals surface area (Å²) in [4.78, 5) is 72.7. The number of phosphoric ester groups is 2. The Kier molecular flexibility index (Phi) is 68.2. The van der Waals surface area contributed by atoms with Gasteiger partial charge in [-0.3, -0.25) is 37.3 Å². The third-order valence-electron chi connectivity index (χ3n) is 17.2. The molecule has 0 rings (SSSR count). The van der Waals surface area contributed by atoms with Crippen molar-refractivity contribution in [2.45, 2.75) is 399 Å². The normalized spacial score (nSPS) is 14.1. The molecule has 5 atom stereocenters. The van der Waals surface area contributed by atoms with Crippen LogP contribution in [0.4, 0.5) is 0 Å². The number of aliphatic hydroxyl groups excluding tert-OH is 1. The second kappa shape index (κ2) is 70.0. The average Bonchev–Trinajstić information content (AvgIpc) is 3.54. The standard InChI is InChI=1S/C76H144O17P2/c1-5-9-13-17-21-25-28-31-33-34-35-36-38-41-44-47-51-55-59-63-76(81)93-72(67-87-74(79)61-57-53-49-45-42-40-37-32-29-26-22-18-14-10-6-2)69-91-95(84,85)89-65-70(77)64-88-94(82,83)90-68-71(66-86-73(78)60-56-52-48-24-20-16-12-8-4)92-75(80)62-58-54-50-46-43-39-30-27-23-19-15-11-7-3/h26,29,32,37,70-72,77H,5-25,27-28,30-31,33-36,38-69H2,1-4H3,(H,82,83)(H,84,85)/b29-26-,37-32-/t70-,71+,72+/m0/s1. The Balaban J connectivity index is 5.23. The maximum Gasteiger partial charge on any atom is 0.472 e. The first-order chi connectivity index (χ1) is 46.2. The van der Waals surface area contributed by atoms with E-state index in [9.17, 15) is 43.2 Å². The molecular formula is C76H144O17P2. The molecule has 17 nitrogen and oxygen atoms in total. The van der Waals surface area contributed by atoms with Crippen molar-refractivity contribution < 1.29 is 80.2 Å². The Morgan fingerprint density at radius 3 is 0.768 bits per heavy atom. The molecule has 0 fully saturated rings. The van der Waals surface area contributed by atoms with E-state index in [-0.39, 0.29) is 25.7 Å². The number of hydrogen-bond donors (Lipinski definition) is 3. The Morgan fingerprint density at radius 1 is 0.295 bits per heavy atom. The van der Waals surface area contributed by atoms with Gasteiger partial charge >= 0.3 is 39.5 Å². The number of esters is 4. The fourth-order valence-electron chi connectivity index (χ4n) is 11.2. The van der Waals surface area contributed by atoms with Gasteiger partial charge in [0.25, 0.3) is 0 Å². The van der Waals surface area contributed by atoms with Gasteiger partial charge in [0.2, 0.25) is 0 Å². The van der Waals surface area contributed by atoms with Crippen molar-refractivity contribution in [2.24, 2.45) is 0 Å². The van der Waals surface area contributed by atoms with Crippen LogP contribution in [0.15, 0.2) is 24.3 Å². The fourth-order valence-corrected chi connectivity index (χ4v) is 12.8. The first-order valence-electron chi connectivity index (χ1n) is 39.1. The smallest absolute Gasteiger partial charge is 0.462 e. The van der Waals surface area contributed by atoms with Crippen LogP contribution in [0.25, 0.3) is 0 Å². The van der Waals surface area contributed by atoms with Crippen LogP contribution in [0.5, 0.6) is 0 Å². The van der Waals surface area contributed by atoms with E-state index in [0.717, 1.165) is 116 Å². The summed E-state index contributed by atoms with van der Waals surface area (Å²) in [5, 5.41) is 10.6. The Bertz CT molecular complexity index is 1900. The second-order valence-electron chi connectivity index (χ2n) is 26.7. The lowest BCUT2D eigenvalue weighted by Crippen LogP contribution is -2.30. The molecule has 0 saturated carbocycles. The lowest BCUT2D eigenvalue weighted by atomic mass is 10.0. The average molecular weight is 1390 g/mol. The van der Waals surface area contributed by atoms with Crippen molar-refractivity contribution in [2.75, 3.05) is 39.6 Å². The highest BCUT2D eigenvalue weighted by Crippen LogP contribution is 2.45. The summed E-state index contributed by atoms with van der Waals surface area (Å²) in [6.07, 6.45) is 63.3. The fraction of sp³-hybridized carbons (Fsp3) is 0.895. The summed E-state index contributed by atoms with van der Waals surface area (Å²) in [6, 6.07) is 0. The number of carbonyl (C=O) groups excluding carboxylic acids is 4. The number of aliphatic hydroxyl groups is 1. The van der Waals surface area contributed by atoms with E-state index in [1.54, 1.807) is 0 Å². The zero-order valence-electron chi connectivity index (χ0n) is 61.1. The second-order valence-corrected chi connectivity index (χ2v) is 29.6. The van der Waals surface area contributed by atoms with Gasteiger partial charge in [0, 0.05) is 25.7 Å². The number of allylic oxidation sites excluding steroid dienone is 4. The summed E-state index contributed by atoms with van der Waals surface area (Å²) >= 11 is 0. The predicted molar refractivity (Wildman–Crippen MR) is 386 cm³/mol. The van der Waals surface area contributed by atoms with E-state index in [1.807, 2.05) is 0 Å². The largest absolute Gasteiger partial charge is 0.472 e. The number of unbranched alkanes of at least 4 members (excludes halogenated alkanes) is 46. The maximum atomic E-state index is 13.1. The number of ether oxygens (including phenoxy) is 4. The zero-order chi connectivity index (χ0) is 69.7. The Morgan fingerprint density at radius 2 is 0.505 bits per heavy atom. The summed E-state index contributed by atoms with van der Waals surface area (Å²) in [6.45, 7) is 4.90. The molecule has 0 saturated heterocycles. The molecule has 0 bridgehead atoms. The quantitative estimate of drug-likeness (QED) is 0.0169. The minimum Gasteiger partial charge on any atom is -0.462 e. The van der Waals surface area contributed by atoms with Crippen LogP contribution in [-0.4, -0.2) is 96.7 Å².